The van der Waals surface area contributed by atoms with Crippen LogP contribution in [0.25, 0.3) is 22.2 Å². The van der Waals surface area contributed by atoms with Crippen molar-refractivity contribution in [2.24, 2.45) is 0 Å². The molecule has 1 aliphatic rings. The van der Waals surface area contributed by atoms with Crippen LogP contribution in [0.2, 0.25) is 0 Å². The number of piperidine rings is 1. The number of nitrogens with one attached hydrogen (secondary N) is 1. The molecular formula is C28H30FN5O. The maximum Gasteiger partial charge on any atom is 0.227 e. The Balaban J connectivity index is 1.46. The van der Waals surface area contributed by atoms with Crippen molar-refractivity contribution < 1.29 is 9.13 Å². The predicted octanol–water partition coefficient (Wildman–Crippen LogP) is 6.22. The molecule has 1 aliphatic heterocycles. The summed E-state index contributed by atoms with van der Waals surface area (Å²) < 4.78 is 20.2. The lowest BCUT2D eigenvalue weighted by Crippen LogP contribution is -2.48. The lowest BCUT2D eigenvalue weighted by molar-refractivity contribution is 0.0494. The molecule has 2 aromatic carbocycles. The van der Waals surface area contributed by atoms with Crippen molar-refractivity contribution >= 4 is 22.5 Å². The van der Waals surface area contributed by atoms with Gasteiger partial charge < -0.3 is 10.1 Å². The Morgan fingerprint density at radius 3 is 2.54 bits per heavy atom. The van der Waals surface area contributed by atoms with E-state index in [0.717, 1.165) is 53.8 Å². The van der Waals surface area contributed by atoms with Crippen LogP contribution < -0.4 is 10.1 Å². The zero-order valence-corrected chi connectivity index (χ0v) is 20.3. The molecule has 0 radical (unpaired) electrons. The first-order valence-corrected chi connectivity index (χ1v) is 12.0. The number of hydrogen-bond donors (Lipinski definition) is 1. The Hall–Kier alpha value is -3.58. The maximum absolute atomic E-state index is 13.6. The SMILES string of the molecule is CC(C)(C)N1CCC(Oc2cc3nc(Nc4cccc(F)c4)ncc3cc2-c2ccccn2)CC1. The van der Waals surface area contributed by atoms with E-state index in [1.165, 1.54) is 12.1 Å². The molecule has 0 amide bonds. The molecule has 0 atom stereocenters. The van der Waals surface area contributed by atoms with Crippen molar-refractivity contribution in [3.63, 3.8) is 0 Å². The number of hydrogen-bond acceptors (Lipinski definition) is 6. The highest BCUT2D eigenvalue weighted by atomic mass is 19.1. The van der Waals surface area contributed by atoms with Gasteiger partial charge in [-0.1, -0.05) is 12.1 Å². The van der Waals surface area contributed by atoms with Crippen LogP contribution >= 0.6 is 0 Å². The zero-order valence-electron chi connectivity index (χ0n) is 20.3. The van der Waals surface area contributed by atoms with Crippen LogP contribution in [0, 0.1) is 5.82 Å². The summed E-state index contributed by atoms with van der Waals surface area (Å²) in [4.78, 5) is 16.2. The molecule has 6 nitrogen and oxygen atoms in total. The molecule has 0 aliphatic carbocycles. The minimum absolute atomic E-state index is 0.125. The van der Waals surface area contributed by atoms with E-state index in [1.807, 2.05) is 30.3 Å². The molecular weight excluding hydrogens is 441 g/mol. The molecule has 35 heavy (non-hydrogen) atoms. The van der Waals surface area contributed by atoms with E-state index >= 15 is 0 Å². The minimum atomic E-state index is -0.316. The average Bonchev–Trinajstić information content (AvgIpc) is 2.84. The van der Waals surface area contributed by atoms with Crippen LogP contribution in [0.4, 0.5) is 16.0 Å². The number of ether oxygens (including phenoxy) is 1. The van der Waals surface area contributed by atoms with Gasteiger partial charge in [-0.2, -0.15) is 0 Å². The van der Waals surface area contributed by atoms with E-state index in [-0.39, 0.29) is 17.5 Å². The van der Waals surface area contributed by atoms with Crippen LogP contribution in [-0.2, 0) is 0 Å². The third-order valence-corrected chi connectivity index (χ3v) is 6.39. The number of fused-ring (bicyclic) bond motifs is 1. The van der Waals surface area contributed by atoms with Crippen molar-refractivity contribution in [1.82, 2.24) is 19.9 Å². The smallest absolute Gasteiger partial charge is 0.227 e. The first-order chi connectivity index (χ1) is 16.8. The Morgan fingerprint density at radius 1 is 1.00 bits per heavy atom. The normalized spacial score (nSPS) is 15.3. The Bertz CT molecular complexity index is 1310. The summed E-state index contributed by atoms with van der Waals surface area (Å²) >= 11 is 0. The largest absolute Gasteiger partial charge is 0.490 e. The molecule has 7 heteroatoms. The maximum atomic E-state index is 13.6. The van der Waals surface area contributed by atoms with Gasteiger partial charge in [0.2, 0.25) is 5.95 Å². The first kappa shape index (κ1) is 23.2. The summed E-state index contributed by atoms with van der Waals surface area (Å²) in [5.41, 5.74) is 3.27. The monoisotopic (exact) mass is 471 g/mol. The van der Waals surface area contributed by atoms with Gasteiger partial charge in [-0.3, -0.25) is 9.88 Å². The second-order valence-electron chi connectivity index (χ2n) is 9.93. The molecule has 1 saturated heterocycles. The summed E-state index contributed by atoms with van der Waals surface area (Å²) in [7, 11) is 0. The molecule has 1 fully saturated rings. The van der Waals surface area contributed by atoms with Crippen molar-refractivity contribution in [3.8, 4) is 17.0 Å². The van der Waals surface area contributed by atoms with Gasteiger partial charge in [-0.25, -0.2) is 14.4 Å². The van der Waals surface area contributed by atoms with Gasteiger partial charge in [0.25, 0.3) is 0 Å². The third kappa shape index (κ3) is 5.41. The highest BCUT2D eigenvalue weighted by molar-refractivity contribution is 5.87. The van der Waals surface area contributed by atoms with Crippen LogP contribution in [-0.4, -0.2) is 44.6 Å². The number of anilines is 2. The van der Waals surface area contributed by atoms with E-state index in [1.54, 1.807) is 24.5 Å². The van der Waals surface area contributed by atoms with Crippen molar-refractivity contribution in [3.05, 3.63) is 72.8 Å². The van der Waals surface area contributed by atoms with Gasteiger partial charge in [0.1, 0.15) is 17.7 Å². The standard InChI is InChI=1S/C28H30FN5O/c1-28(2,3)34-13-10-22(11-14-34)35-26-17-25-19(15-23(26)24-9-4-5-12-30-24)18-31-27(33-25)32-21-8-6-7-20(29)16-21/h4-9,12,15-18,22H,10-11,13-14H2,1-3H3,(H,31,32,33). The predicted molar refractivity (Wildman–Crippen MR) is 137 cm³/mol. The molecule has 0 bridgehead atoms. The molecule has 0 saturated carbocycles. The molecule has 0 unspecified atom stereocenters. The number of halogens is 1. The van der Waals surface area contributed by atoms with Gasteiger partial charge in [-0.05, 0) is 70.0 Å². The van der Waals surface area contributed by atoms with Crippen LogP contribution in [0.1, 0.15) is 33.6 Å². The van der Waals surface area contributed by atoms with E-state index in [9.17, 15) is 4.39 Å². The fraction of sp³-hybridized carbons (Fsp3) is 0.321. The number of rotatable bonds is 5. The van der Waals surface area contributed by atoms with E-state index in [0.29, 0.717) is 11.6 Å². The summed E-state index contributed by atoms with van der Waals surface area (Å²) in [5.74, 6) is 0.850. The summed E-state index contributed by atoms with van der Waals surface area (Å²) in [6.07, 6.45) is 5.61. The molecule has 4 aromatic rings. The van der Waals surface area contributed by atoms with Gasteiger partial charge >= 0.3 is 0 Å². The Labute approximate surface area is 205 Å². The highest BCUT2D eigenvalue weighted by Crippen LogP contribution is 2.35. The molecule has 5 rings (SSSR count). The number of nitrogens with zero attached hydrogens (tertiary/aromatic N) is 4. The number of likely N-dealkylation sites (tertiary alicyclic amines) is 1. The van der Waals surface area contributed by atoms with Gasteiger partial charge in [0.05, 0.1) is 11.2 Å². The Morgan fingerprint density at radius 2 is 1.83 bits per heavy atom. The molecule has 3 heterocycles. The number of pyridine rings is 1. The van der Waals surface area contributed by atoms with Crippen LogP contribution in [0.3, 0.4) is 0 Å². The second kappa shape index (κ2) is 9.58. The third-order valence-electron chi connectivity index (χ3n) is 6.39. The summed E-state index contributed by atoms with van der Waals surface area (Å²) in [6.45, 7) is 8.78. The summed E-state index contributed by atoms with van der Waals surface area (Å²) in [5, 5.41) is 3.96. The topological polar surface area (TPSA) is 63.2 Å². The van der Waals surface area contributed by atoms with Crippen molar-refractivity contribution in [2.75, 3.05) is 18.4 Å². The second-order valence-corrected chi connectivity index (χ2v) is 9.93. The molecule has 1 N–H and O–H groups in total. The fourth-order valence-corrected chi connectivity index (χ4v) is 4.46. The van der Waals surface area contributed by atoms with Gasteiger partial charge in [0.15, 0.2) is 0 Å². The van der Waals surface area contributed by atoms with Crippen molar-refractivity contribution in [1.29, 1.82) is 0 Å². The number of benzene rings is 2. The first-order valence-electron chi connectivity index (χ1n) is 12.0. The van der Waals surface area contributed by atoms with E-state index in [4.69, 9.17) is 4.74 Å². The molecule has 0 spiro atoms. The zero-order chi connectivity index (χ0) is 24.4. The fourth-order valence-electron chi connectivity index (χ4n) is 4.46. The molecule has 180 valence electrons. The van der Waals surface area contributed by atoms with E-state index in [2.05, 4.69) is 45.9 Å². The van der Waals surface area contributed by atoms with Gasteiger partial charge in [0, 0.05) is 53.7 Å². The van der Waals surface area contributed by atoms with E-state index < -0.39 is 0 Å². The van der Waals surface area contributed by atoms with Crippen LogP contribution in [0.15, 0.2) is 67.0 Å². The minimum Gasteiger partial charge on any atom is -0.490 e. The summed E-state index contributed by atoms with van der Waals surface area (Å²) in [6, 6.07) is 16.1. The average molecular weight is 472 g/mol. The van der Waals surface area contributed by atoms with Crippen LogP contribution in [0.5, 0.6) is 5.75 Å². The van der Waals surface area contributed by atoms with Gasteiger partial charge in [-0.15, -0.1) is 0 Å². The lowest BCUT2D eigenvalue weighted by atomic mass is 9.99. The quantitative estimate of drug-likeness (QED) is 0.373. The molecule has 2 aromatic heterocycles. The Kier molecular flexibility index (Phi) is 6.34. The number of aromatic nitrogens is 3. The highest BCUT2D eigenvalue weighted by Gasteiger charge is 2.28. The lowest BCUT2D eigenvalue weighted by Gasteiger charge is -2.40. The van der Waals surface area contributed by atoms with Crippen molar-refractivity contribution in [2.45, 2.75) is 45.3 Å².